The minimum absolute atomic E-state index is 0.0145. The summed E-state index contributed by atoms with van der Waals surface area (Å²) in [7, 11) is 1.86. The number of carbonyl (C=O) groups is 1. The highest BCUT2D eigenvalue weighted by Crippen LogP contribution is 2.15. The van der Waals surface area contributed by atoms with Crippen molar-refractivity contribution in [2.45, 2.75) is 116 Å². The van der Waals surface area contributed by atoms with Gasteiger partial charge in [-0.2, -0.15) is 0 Å². The Kier molecular flexibility index (Phi) is 16.4. The number of aliphatic hydroxyl groups is 1. The molecule has 1 amide bonds. The molecular weight excluding hydrogens is 370 g/mol. The van der Waals surface area contributed by atoms with E-state index in [1.54, 1.807) is 11.0 Å². The van der Waals surface area contributed by atoms with Crippen LogP contribution in [0.2, 0.25) is 0 Å². The Hall–Kier alpha value is -1.35. The molecule has 0 saturated heterocycles. The van der Waals surface area contributed by atoms with E-state index in [0.29, 0.717) is 11.1 Å². The first-order valence-corrected chi connectivity index (χ1v) is 12.6. The molecule has 0 aliphatic rings. The number of nitrogens with zero attached hydrogens (tertiary/aromatic N) is 1. The Morgan fingerprint density at radius 3 is 1.63 bits per heavy atom. The molecule has 1 aromatic carbocycles. The maximum absolute atomic E-state index is 12.5. The summed E-state index contributed by atoms with van der Waals surface area (Å²) in [5, 5.41) is 9.40. The van der Waals surface area contributed by atoms with Gasteiger partial charge in [-0.15, -0.1) is 0 Å². The number of benzene rings is 1. The molecule has 1 N–H and O–H groups in total. The second kappa shape index (κ2) is 18.4. The molecular formula is C27H47NO2. The molecule has 0 radical (unpaired) electrons. The van der Waals surface area contributed by atoms with E-state index in [4.69, 9.17) is 0 Å². The van der Waals surface area contributed by atoms with E-state index < -0.39 is 0 Å². The Bertz CT molecular complexity index is 543. The van der Waals surface area contributed by atoms with Crippen LogP contribution in [0.15, 0.2) is 24.3 Å². The number of unbranched alkanes of at least 4 members (excludes halogenated alkanes) is 15. The fraction of sp³-hybridized carbons (Fsp3) is 0.741. The third-order valence-electron chi connectivity index (χ3n) is 6.11. The van der Waals surface area contributed by atoms with Crippen LogP contribution in [-0.4, -0.2) is 29.5 Å². The SMILES string of the molecule is CCCCCCCCCCCCCCCCCCN(C)C(=O)c1ccccc1CO. The molecule has 1 rings (SSSR count). The summed E-state index contributed by atoms with van der Waals surface area (Å²) in [5.74, 6) is 0.0145. The van der Waals surface area contributed by atoms with Gasteiger partial charge in [0, 0.05) is 19.2 Å². The molecule has 0 unspecified atom stereocenters. The van der Waals surface area contributed by atoms with E-state index >= 15 is 0 Å². The first kappa shape index (κ1) is 26.7. The fourth-order valence-electron chi connectivity index (χ4n) is 4.07. The summed E-state index contributed by atoms with van der Waals surface area (Å²) in [4.78, 5) is 14.3. The second-order valence-corrected chi connectivity index (χ2v) is 8.85. The molecule has 0 saturated carbocycles. The number of hydrogen-bond donors (Lipinski definition) is 1. The largest absolute Gasteiger partial charge is 0.392 e. The van der Waals surface area contributed by atoms with Crippen LogP contribution in [0, 0.1) is 0 Å². The van der Waals surface area contributed by atoms with Crippen LogP contribution in [0.5, 0.6) is 0 Å². The lowest BCUT2D eigenvalue weighted by atomic mass is 10.0. The van der Waals surface area contributed by atoms with E-state index in [0.717, 1.165) is 13.0 Å². The highest BCUT2D eigenvalue weighted by Gasteiger charge is 2.14. The number of amides is 1. The molecule has 0 spiro atoms. The summed E-state index contributed by atoms with van der Waals surface area (Å²) in [6.45, 7) is 2.98. The molecule has 3 nitrogen and oxygen atoms in total. The van der Waals surface area contributed by atoms with Gasteiger partial charge in [0.05, 0.1) is 6.61 Å². The van der Waals surface area contributed by atoms with Crippen LogP contribution in [0.1, 0.15) is 126 Å². The average molecular weight is 418 g/mol. The van der Waals surface area contributed by atoms with Crippen molar-refractivity contribution in [3.05, 3.63) is 35.4 Å². The van der Waals surface area contributed by atoms with Gasteiger partial charge in [-0.25, -0.2) is 0 Å². The zero-order valence-electron chi connectivity index (χ0n) is 19.8. The molecule has 0 aliphatic heterocycles. The average Bonchev–Trinajstić information content (AvgIpc) is 2.78. The first-order valence-electron chi connectivity index (χ1n) is 12.6. The summed E-state index contributed by atoms with van der Waals surface area (Å²) in [5.41, 5.74) is 1.33. The van der Waals surface area contributed by atoms with E-state index in [1.807, 2.05) is 25.2 Å². The molecule has 0 heterocycles. The van der Waals surface area contributed by atoms with Crippen LogP contribution >= 0.6 is 0 Å². The molecule has 0 aliphatic carbocycles. The number of rotatable bonds is 19. The molecule has 172 valence electrons. The van der Waals surface area contributed by atoms with Gasteiger partial charge in [0.15, 0.2) is 0 Å². The number of aliphatic hydroxyl groups excluding tert-OH is 1. The Morgan fingerprint density at radius 1 is 0.733 bits per heavy atom. The lowest BCUT2D eigenvalue weighted by Crippen LogP contribution is -2.28. The van der Waals surface area contributed by atoms with Crippen molar-refractivity contribution in [3.63, 3.8) is 0 Å². The third-order valence-corrected chi connectivity index (χ3v) is 6.11. The zero-order valence-corrected chi connectivity index (χ0v) is 19.8. The van der Waals surface area contributed by atoms with Crippen LogP contribution in [0.4, 0.5) is 0 Å². The van der Waals surface area contributed by atoms with Gasteiger partial charge < -0.3 is 10.0 Å². The van der Waals surface area contributed by atoms with Crippen LogP contribution < -0.4 is 0 Å². The lowest BCUT2D eigenvalue weighted by molar-refractivity contribution is 0.0789. The lowest BCUT2D eigenvalue weighted by Gasteiger charge is -2.18. The molecule has 0 bridgehead atoms. The third kappa shape index (κ3) is 12.4. The molecule has 30 heavy (non-hydrogen) atoms. The normalized spacial score (nSPS) is 11.0. The second-order valence-electron chi connectivity index (χ2n) is 8.85. The molecule has 3 heteroatoms. The fourth-order valence-corrected chi connectivity index (χ4v) is 4.07. The number of hydrogen-bond acceptors (Lipinski definition) is 2. The summed E-state index contributed by atoms with van der Waals surface area (Å²) >= 11 is 0. The van der Waals surface area contributed by atoms with Crippen LogP contribution in [-0.2, 0) is 6.61 Å². The topological polar surface area (TPSA) is 40.5 Å². The summed E-state index contributed by atoms with van der Waals surface area (Å²) in [6, 6.07) is 7.33. The first-order chi connectivity index (χ1) is 14.7. The predicted molar refractivity (Wildman–Crippen MR) is 129 cm³/mol. The Labute approximate surface area is 186 Å². The zero-order chi connectivity index (χ0) is 21.9. The van der Waals surface area contributed by atoms with Crippen molar-refractivity contribution < 1.29 is 9.90 Å². The monoisotopic (exact) mass is 417 g/mol. The van der Waals surface area contributed by atoms with Crippen molar-refractivity contribution in [2.24, 2.45) is 0 Å². The maximum Gasteiger partial charge on any atom is 0.253 e. The Morgan fingerprint density at radius 2 is 1.17 bits per heavy atom. The van der Waals surface area contributed by atoms with E-state index in [9.17, 15) is 9.90 Å². The number of carbonyl (C=O) groups excluding carboxylic acids is 1. The van der Waals surface area contributed by atoms with Gasteiger partial charge in [-0.3, -0.25) is 4.79 Å². The standard InChI is InChI=1S/C27H47NO2/c1-3-4-5-6-7-8-9-10-11-12-13-14-15-16-17-20-23-28(2)27(30)26-22-19-18-21-25(26)24-29/h18-19,21-22,29H,3-17,20,23-24H2,1-2H3. The van der Waals surface area contributed by atoms with Crippen molar-refractivity contribution in [1.82, 2.24) is 4.90 Å². The van der Waals surface area contributed by atoms with Crippen molar-refractivity contribution in [3.8, 4) is 0 Å². The Balaban J connectivity index is 1.92. The van der Waals surface area contributed by atoms with Gasteiger partial charge in [0.1, 0.15) is 0 Å². The van der Waals surface area contributed by atoms with Gasteiger partial charge >= 0.3 is 0 Å². The molecule has 1 aromatic rings. The highest BCUT2D eigenvalue weighted by atomic mass is 16.3. The van der Waals surface area contributed by atoms with Crippen molar-refractivity contribution in [2.75, 3.05) is 13.6 Å². The maximum atomic E-state index is 12.5. The van der Waals surface area contributed by atoms with Gasteiger partial charge in [0.2, 0.25) is 0 Å². The van der Waals surface area contributed by atoms with Gasteiger partial charge in [-0.05, 0) is 18.1 Å². The highest BCUT2D eigenvalue weighted by molar-refractivity contribution is 5.95. The summed E-state index contributed by atoms with van der Waals surface area (Å²) < 4.78 is 0. The summed E-state index contributed by atoms with van der Waals surface area (Å²) in [6.07, 6.45) is 21.8. The van der Waals surface area contributed by atoms with E-state index in [1.165, 1.54) is 96.3 Å². The minimum Gasteiger partial charge on any atom is -0.392 e. The van der Waals surface area contributed by atoms with Crippen molar-refractivity contribution >= 4 is 5.91 Å². The quantitative estimate of drug-likeness (QED) is 0.237. The van der Waals surface area contributed by atoms with E-state index in [2.05, 4.69) is 6.92 Å². The predicted octanol–water partition coefficient (Wildman–Crippen LogP) is 7.51. The van der Waals surface area contributed by atoms with Crippen molar-refractivity contribution in [1.29, 1.82) is 0 Å². The van der Waals surface area contributed by atoms with Crippen LogP contribution in [0.3, 0.4) is 0 Å². The molecule has 0 fully saturated rings. The smallest absolute Gasteiger partial charge is 0.253 e. The van der Waals surface area contributed by atoms with E-state index in [-0.39, 0.29) is 12.5 Å². The molecule has 0 atom stereocenters. The molecule has 0 aromatic heterocycles. The van der Waals surface area contributed by atoms with Crippen LogP contribution in [0.25, 0.3) is 0 Å². The van der Waals surface area contributed by atoms with Gasteiger partial charge in [0.25, 0.3) is 5.91 Å². The van der Waals surface area contributed by atoms with Gasteiger partial charge in [-0.1, -0.05) is 121 Å². The minimum atomic E-state index is -0.0885.